The van der Waals surface area contributed by atoms with Crippen LogP contribution in [0.3, 0.4) is 0 Å². The number of hydrogen-bond donors (Lipinski definition) is 2. The molecule has 0 heterocycles. The maximum absolute atomic E-state index is 12.8. The Labute approximate surface area is 181 Å². The fourth-order valence-corrected chi connectivity index (χ4v) is 3.95. The van der Waals surface area contributed by atoms with E-state index in [1.165, 1.54) is 19.2 Å². The number of methoxy groups -OCH3 is 1. The summed E-state index contributed by atoms with van der Waals surface area (Å²) in [5.41, 5.74) is 0.995. The van der Waals surface area contributed by atoms with E-state index in [4.69, 9.17) is 4.74 Å². The Bertz CT molecular complexity index is 1160. The number of hydrogen-bond acceptors (Lipinski definition) is 5. The van der Waals surface area contributed by atoms with E-state index in [1.807, 2.05) is 6.07 Å². The van der Waals surface area contributed by atoms with E-state index >= 15 is 0 Å². The van der Waals surface area contributed by atoms with Crippen LogP contribution >= 0.6 is 0 Å². The Kier molecular flexibility index (Phi) is 7.17. The Hall–Kier alpha value is -3.49. The summed E-state index contributed by atoms with van der Waals surface area (Å²) in [6.45, 7) is 0.0526. The maximum Gasteiger partial charge on any atom is 0.252 e. The molecule has 3 aromatic rings. The molecular formula is C23H22N2O5S. The van der Waals surface area contributed by atoms with E-state index in [2.05, 4.69) is 10.0 Å². The number of ether oxygens (including phenoxy) is 1. The second-order valence-electron chi connectivity index (χ2n) is 6.57. The summed E-state index contributed by atoms with van der Waals surface area (Å²) in [6, 6.07) is 21.2. The molecule has 31 heavy (non-hydrogen) atoms. The Morgan fingerprint density at radius 3 is 2.06 bits per heavy atom. The highest BCUT2D eigenvalue weighted by molar-refractivity contribution is 7.89. The molecule has 8 heteroatoms. The lowest BCUT2D eigenvalue weighted by Crippen LogP contribution is -2.35. The Morgan fingerprint density at radius 2 is 1.42 bits per heavy atom. The number of rotatable bonds is 9. The van der Waals surface area contributed by atoms with Crippen LogP contribution in [0.15, 0.2) is 83.8 Å². The predicted octanol–water partition coefficient (Wildman–Crippen LogP) is 2.63. The van der Waals surface area contributed by atoms with Crippen LogP contribution in [-0.2, 0) is 10.0 Å². The number of nitrogens with one attached hydrogen (secondary N) is 2. The van der Waals surface area contributed by atoms with Crippen LogP contribution in [-0.4, -0.2) is 40.3 Å². The van der Waals surface area contributed by atoms with Gasteiger partial charge in [-0.3, -0.25) is 9.59 Å². The molecule has 0 saturated carbocycles. The minimum absolute atomic E-state index is 0.00506. The number of benzene rings is 3. The van der Waals surface area contributed by atoms with Crippen molar-refractivity contribution in [2.45, 2.75) is 4.90 Å². The van der Waals surface area contributed by atoms with Crippen molar-refractivity contribution in [2.24, 2.45) is 0 Å². The molecule has 160 valence electrons. The van der Waals surface area contributed by atoms with Crippen LogP contribution < -0.4 is 14.8 Å². The third-order valence-corrected chi connectivity index (χ3v) is 6.00. The highest BCUT2D eigenvalue weighted by Gasteiger charge is 2.18. The number of ketones is 1. The standard InChI is InChI=1S/C23H22N2O5S/c1-30-18-11-13-19(14-12-18)31(28,29)25-16-15-24-23(27)21-10-6-5-9-20(21)22(26)17-7-3-2-4-8-17/h2-14,25H,15-16H2,1H3,(H,24,27). The molecule has 7 nitrogen and oxygen atoms in total. The van der Waals surface area contributed by atoms with Crippen LogP contribution in [0.5, 0.6) is 5.75 Å². The van der Waals surface area contributed by atoms with Gasteiger partial charge in [0.05, 0.1) is 17.6 Å². The van der Waals surface area contributed by atoms with E-state index in [0.29, 0.717) is 11.3 Å². The lowest BCUT2D eigenvalue weighted by atomic mass is 9.98. The van der Waals surface area contributed by atoms with Gasteiger partial charge in [0.25, 0.3) is 5.91 Å². The predicted molar refractivity (Wildman–Crippen MR) is 117 cm³/mol. The molecule has 0 saturated heterocycles. The van der Waals surface area contributed by atoms with Crippen molar-refractivity contribution in [1.29, 1.82) is 0 Å². The van der Waals surface area contributed by atoms with Gasteiger partial charge in [-0.05, 0) is 30.3 Å². The van der Waals surface area contributed by atoms with E-state index in [-0.39, 0.29) is 34.9 Å². The lowest BCUT2D eigenvalue weighted by Gasteiger charge is -2.11. The molecule has 0 unspecified atom stereocenters. The second kappa shape index (κ2) is 10.0. The molecule has 0 aliphatic heterocycles. The average molecular weight is 439 g/mol. The summed E-state index contributed by atoms with van der Waals surface area (Å²) in [7, 11) is -2.22. The molecule has 0 aliphatic rings. The Morgan fingerprint density at radius 1 is 0.806 bits per heavy atom. The molecule has 3 aromatic carbocycles. The van der Waals surface area contributed by atoms with Crippen molar-refractivity contribution < 1.29 is 22.7 Å². The summed E-state index contributed by atoms with van der Waals surface area (Å²) in [5, 5.41) is 2.65. The van der Waals surface area contributed by atoms with Gasteiger partial charge >= 0.3 is 0 Å². The van der Waals surface area contributed by atoms with Crippen LogP contribution in [0.2, 0.25) is 0 Å². The zero-order valence-corrected chi connectivity index (χ0v) is 17.7. The van der Waals surface area contributed by atoms with Gasteiger partial charge in [0.15, 0.2) is 5.78 Å². The summed E-state index contributed by atoms with van der Waals surface area (Å²) in [4.78, 5) is 25.5. The highest BCUT2D eigenvalue weighted by atomic mass is 32.2. The van der Waals surface area contributed by atoms with Crippen molar-refractivity contribution in [2.75, 3.05) is 20.2 Å². The highest BCUT2D eigenvalue weighted by Crippen LogP contribution is 2.16. The quantitative estimate of drug-likeness (QED) is 0.395. The molecule has 0 spiro atoms. The molecule has 0 radical (unpaired) electrons. The molecule has 0 atom stereocenters. The number of carbonyl (C=O) groups excluding carboxylic acids is 2. The number of carbonyl (C=O) groups is 2. The monoisotopic (exact) mass is 438 g/mol. The minimum atomic E-state index is -3.72. The first kappa shape index (κ1) is 22.2. The normalized spacial score (nSPS) is 11.0. The van der Waals surface area contributed by atoms with Gasteiger partial charge in [-0.2, -0.15) is 0 Å². The largest absolute Gasteiger partial charge is 0.497 e. The summed E-state index contributed by atoms with van der Waals surface area (Å²) >= 11 is 0. The molecule has 0 aliphatic carbocycles. The van der Waals surface area contributed by atoms with Gasteiger partial charge < -0.3 is 10.1 Å². The van der Waals surface area contributed by atoms with Crippen LogP contribution in [0, 0.1) is 0 Å². The molecule has 0 fully saturated rings. The smallest absolute Gasteiger partial charge is 0.252 e. The zero-order chi connectivity index (χ0) is 22.3. The zero-order valence-electron chi connectivity index (χ0n) is 16.9. The fraction of sp³-hybridized carbons (Fsp3) is 0.130. The van der Waals surface area contributed by atoms with Crippen LogP contribution in [0.1, 0.15) is 26.3 Å². The third-order valence-electron chi connectivity index (χ3n) is 4.52. The van der Waals surface area contributed by atoms with E-state index in [0.717, 1.165) is 0 Å². The first-order valence-electron chi connectivity index (χ1n) is 9.53. The van der Waals surface area contributed by atoms with Gasteiger partial charge in [-0.1, -0.05) is 48.5 Å². The molecule has 0 aromatic heterocycles. The molecule has 2 N–H and O–H groups in total. The molecule has 1 amide bonds. The molecule has 3 rings (SSSR count). The fourth-order valence-electron chi connectivity index (χ4n) is 2.92. The lowest BCUT2D eigenvalue weighted by molar-refractivity contribution is 0.0943. The van der Waals surface area contributed by atoms with Gasteiger partial charge in [0.1, 0.15) is 5.75 Å². The van der Waals surface area contributed by atoms with Crippen molar-refractivity contribution in [3.63, 3.8) is 0 Å². The van der Waals surface area contributed by atoms with Gasteiger partial charge in [-0.25, -0.2) is 13.1 Å². The summed E-state index contributed by atoms with van der Waals surface area (Å²) < 4.78 is 32.1. The van der Waals surface area contributed by atoms with Gasteiger partial charge in [0.2, 0.25) is 10.0 Å². The molecular weight excluding hydrogens is 416 g/mol. The van der Waals surface area contributed by atoms with Crippen molar-refractivity contribution in [3.8, 4) is 5.75 Å². The summed E-state index contributed by atoms with van der Waals surface area (Å²) in [5.74, 6) is -0.162. The number of sulfonamides is 1. The van der Waals surface area contributed by atoms with Gasteiger partial charge in [0, 0.05) is 24.2 Å². The van der Waals surface area contributed by atoms with Crippen LogP contribution in [0.25, 0.3) is 0 Å². The van der Waals surface area contributed by atoms with Crippen molar-refractivity contribution in [3.05, 3.63) is 95.6 Å². The van der Waals surface area contributed by atoms with Gasteiger partial charge in [-0.15, -0.1) is 0 Å². The van der Waals surface area contributed by atoms with Crippen molar-refractivity contribution in [1.82, 2.24) is 10.0 Å². The average Bonchev–Trinajstić information content (AvgIpc) is 2.82. The third kappa shape index (κ3) is 5.56. The minimum Gasteiger partial charge on any atom is -0.497 e. The SMILES string of the molecule is COc1ccc(S(=O)(=O)NCCNC(=O)c2ccccc2C(=O)c2ccccc2)cc1. The van der Waals surface area contributed by atoms with E-state index in [1.54, 1.807) is 60.7 Å². The Balaban J connectivity index is 1.61. The van der Waals surface area contributed by atoms with E-state index < -0.39 is 15.9 Å². The molecule has 0 bridgehead atoms. The van der Waals surface area contributed by atoms with Crippen molar-refractivity contribution >= 4 is 21.7 Å². The summed E-state index contributed by atoms with van der Waals surface area (Å²) in [6.07, 6.45) is 0. The first-order chi connectivity index (χ1) is 14.9. The van der Waals surface area contributed by atoms with E-state index in [9.17, 15) is 18.0 Å². The van der Waals surface area contributed by atoms with Crippen LogP contribution in [0.4, 0.5) is 0 Å². The number of amides is 1. The maximum atomic E-state index is 12.8. The second-order valence-corrected chi connectivity index (χ2v) is 8.34. The topological polar surface area (TPSA) is 102 Å². The first-order valence-corrected chi connectivity index (χ1v) is 11.0.